The van der Waals surface area contributed by atoms with Crippen LogP contribution in [0, 0.1) is 11.8 Å². The molecule has 1 saturated carbocycles. The van der Waals surface area contributed by atoms with Crippen molar-refractivity contribution in [1.29, 1.82) is 0 Å². The zero-order valence-electron chi connectivity index (χ0n) is 11.4. The molecule has 2 heterocycles. The van der Waals surface area contributed by atoms with Gasteiger partial charge in [-0.15, -0.1) is 0 Å². The summed E-state index contributed by atoms with van der Waals surface area (Å²) < 4.78 is 2.43. The van der Waals surface area contributed by atoms with E-state index in [1.807, 2.05) is 6.33 Å². The molecule has 1 saturated heterocycles. The van der Waals surface area contributed by atoms with Crippen LogP contribution < -0.4 is 5.32 Å². The number of hydrogen-bond donors (Lipinski definition) is 1. The van der Waals surface area contributed by atoms with Gasteiger partial charge in [0.05, 0.1) is 6.33 Å². The Kier molecular flexibility index (Phi) is 3.69. The molecular weight excluding hydrogens is 222 g/mol. The topological polar surface area (TPSA) is 29.9 Å². The smallest absolute Gasteiger partial charge is 0.0948 e. The lowest BCUT2D eigenvalue weighted by atomic mass is 9.96. The molecule has 1 N–H and O–H groups in total. The van der Waals surface area contributed by atoms with Crippen molar-refractivity contribution in [3.63, 3.8) is 0 Å². The second-order valence-corrected chi connectivity index (χ2v) is 6.30. The molecule has 0 bridgehead atoms. The summed E-state index contributed by atoms with van der Waals surface area (Å²) in [5.74, 6) is 2.49. The summed E-state index contributed by atoms with van der Waals surface area (Å²) in [6.45, 7) is 5.90. The predicted molar refractivity (Wildman–Crippen MR) is 73.6 cm³/mol. The first-order valence-corrected chi connectivity index (χ1v) is 7.53. The fourth-order valence-corrected chi connectivity index (χ4v) is 3.70. The molecule has 0 radical (unpaired) electrons. The van der Waals surface area contributed by atoms with E-state index in [0.29, 0.717) is 5.92 Å². The maximum absolute atomic E-state index is 4.39. The van der Waals surface area contributed by atoms with Crippen molar-refractivity contribution >= 4 is 0 Å². The lowest BCUT2D eigenvalue weighted by Gasteiger charge is -2.24. The fraction of sp³-hybridized carbons (Fsp3) is 0.800. The van der Waals surface area contributed by atoms with Crippen molar-refractivity contribution in [1.82, 2.24) is 14.9 Å². The summed E-state index contributed by atoms with van der Waals surface area (Å²) in [6, 6.07) is 0. The Morgan fingerprint density at radius 1 is 1.39 bits per heavy atom. The minimum absolute atomic E-state index is 0.681. The van der Waals surface area contributed by atoms with E-state index in [1.165, 1.54) is 50.9 Å². The van der Waals surface area contributed by atoms with Crippen molar-refractivity contribution in [2.24, 2.45) is 11.8 Å². The van der Waals surface area contributed by atoms with E-state index in [-0.39, 0.29) is 0 Å². The maximum Gasteiger partial charge on any atom is 0.0948 e. The molecule has 1 aromatic heterocycles. The van der Waals surface area contributed by atoms with Crippen molar-refractivity contribution in [2.75, 3.05) is 13.1 Å². The Balaban J connectivity index is 1.67. The normalized spacial score (nSPS) is 32.8. The van der Waals surface area contributed by atoms with E-state index in [4.69, 9.17) is 0 Å². The average molecular weight is 247 g/mol. The van der Waals surface area contributed by atoms with Crippen LogP contribution in [0.1, 0.15) is 50.6 Å². The number of piperidine rings is 1. The summed E-state index contributed by atoms with van der Waals surface area (Å²) >= 11 is 0. The molecule has 0 amide bonds. The monoisotopic (exact) mass is 247 g/mol. The van der Waals surface area contributed by atoms with Gasteiger partial charge in [-0.2, -0.15) is 0 Å². The van der Waals surface area contributed by atoms with Crippen LogP contribution in [0.25, 0.3) is 0 Å². The van der Waals surface area contributed by atoms with Crippen molar-refractivity contribution in [3.8, 4) is 0 Å². The molecule has 1 aromatic rings. The lowest BCUT2D eigenvalue weighted by Crippen LogP contribution is -2.29. The van der Waals surface area contributed by atoms with Gasteiger partial charge in [-0.3, -0.25) is 0 Å². The highest BCUT2D eigenvalue weighted by Crippen LogP contribution is 2.32. The van der Waals surface area contributed by atoms with Gasteiger partial charge < -0.3 is 9.88 Å². The molecule has 0 aromatic carbocycles. The van der Waals surface area contributed by atoms with Gasteiger partial charge in [0.2, 0.25) is 0 Å². The molecule has 2 fully saturated rings. The molecule has 3 heteroatoms. The highest BCUT2D eigenvalue weighted by molar-refractivity contribution is 5.08. The van der Waals surface area contributed by atoms with Crippen LogP contribution in [0.2, 0.25) is 0 Å². The second-order valence-electron chi connectivity index (χ2n) is 6.30. The van der Waals surface area contributed by atoms with Crippen LogP contribution in [0.3, 0.4) is 0 Å². The highest BCUT2D eigenvalue weighted by Gasteiger charge is 2.24. The third kappa shape index (κ3) is 2.61. The van der Waals surface area contributed by atoms with Gasteiger partial charge in [-0.05, 0) is 44.1 Å². The minimum Gasteiger partial charge on any atom is -0.334 e. The summed E-state index contributed by atoms with van der Waals surface area (Å²) in [4.78, 5) is 4.39. The number of hydrogen-bond acceptors (Lipinski definition) is 2. The lowest BCUT2D eigenvalue weighted by molar-refractivity contribution is 0.401. The van der Waals surface area contributed by atoms with Crippen LogP contribution in [-0.4, -0.2) is 22.6 Å². The minimum atomic E-state index is 0.681. The molecule has 3 unspecified atom stereocenters. The third-order valence-electron chi connectivity index (χ3n) is 4.72. The molecule has 1 aliphatic carbocycles. The molecular formula is C15H25N3. The van der Waals surface area contributed by atoms with E-state index < -0.39 is 0 Å². The van der Waals surface area contributed by atoms with Gasteiger partial charge in [0.15, 0.2) is 0 Å². The Morgan fingerprint density at radius 2 is 2.33 bits per heavy atom. The second kappa shape index (κ2) is 5.43. The summed E-state index contributed by atoms with van der Waals surface area (Å²) in [7, 11) is 0. The number of aromatic nitrogens is 2. The largest absolute Gasteiger partial charge is 0.334 e. The maximum atomic E-state index is 4.39. The third-order valence-corrected chi connectivity index (χ3v) is 4.72. The van der Waals surface area contributed by atoms with Gasteiger partial charge in [-0.25, -0.2) is 4.98 Å². The predicted octanol–water partition coefficient (Wildman–Crippen LogP) is 2.79. The fourth-order valence-electron chi connectivity index (χ4n) is 3.70. The Hall–Kier alpha value is -0.830. The average Bonchev–Trinajstić information content (AvgIpc) is 3.00. The van der Waals surface area contributed by atoms with E-state index in [9.17, 15) is 0 Å². The van der Waals surface area contributed by atoms with Crippen LogP contribution in [0.15, 0.2) is 12.5 Å². The van der Waals surface area contributed by atoms with E-state index in [0.717, 1.165) is 18.4 Å². The first-order chi connectivity index (χ1) is 8.83. The van der Waals surface area contributed by atoms with Gasteiger partial charge in [0, 0.05) is 30.9 Å². The molecule has 100 valence electrons. The van der Waals surface area contributed by atoms with Gasteiger partial charge in [0.1, 0.15) is 0 Å². The zero-order valence-corrected chi connectivity index (χ0v) is 11.4. The molecule has 3 atom stereocenters. The Labute approximate surface area is 110 Å². The van der Waals surface area contributed by atoms with Gasteiger partial charge in [-0.1, -0.05) is 13.3 Å². The van der Waals surface area contributed by atoms with E-state index >= 15 is 0 Å². The van der Waals surface area contributed by atoms with E-state index in [2.05, 4.69) is 28.0 Å². The summed E-state index contributed by atoms with van der Waals surface area (Å²) in [5.41, 5.74) is 1.46. The molecule has 2 aliphatic rings. The van der Waals surface area contributed by atoms with Crippen molar-refractivity contribution < 1.29 is 0 Å². The number of imidazole rings is 1. The molecule has 18 heavy (non-hydrogen) atoms. The van der Waals surface area contributed by atoms with Crippen LogP contribution >= 0.6 is 0 Å². The first-order valence-electron chi connectivity index (χ1n) is 7.53. The van der Waals surface area contributed by atoms with Crippen molar-refractivity contribution in [2.45, 2.75) is 51.5 Å². The van der Waals surface area contributed by atoms with Gasteiger partial charge >= 0.3 is 0 Å². The Bertz CT molecular complexity index is 379. The number of nitrogens with one attached hydrogen (secondary N) is 1. The van der Waals surface area contributed by atoms with Crippen LogP contribution in [-0.2, 0) is 6.54 Å². The number of nitrogens with zero attached hydrogens (tertiary/aromatic N) is 2. The molecule has 1 aliphatic heterocycles. The number of rotatable bonds is 3. The van der Waals surface area contributed by atoms with Crippen LogP contribution in [0.5, 0.6) is 0 Å². The van der Waals surface area contributed by atoms with Crippen LogP contribution in [0.4, 0.5) is 0 Å². The molecule has 3 nitrogen and oxygen atoms in total. The molecule has 0 spiro atoms. The van der Waals surface area contributed by atoms with E-state index in [1.54, 1.807) is 0 Å². The van der Waals surface area contributed by atoms with Crippen molar-refractivity contribution in [3.05, 3.63) is 18.2 Å². The highest BCUT2D eigenvalue weighted by atomic mass is 15.1. The summed E-state index contributed by atoms with van der Waals surface area (Å²) in [5, 5.41) is 3.51. The quantitative estimate of drug-likeness (QED) is 0.890. The standard InChI is InChI=1S/C15H25N3/c1-12-4-5-13(7-12)10-18-11-17-9-15(18)14-3-2-6-16-8-14/h9,11-14,16H,2-8,10H2,1H3. The zero-order chi connectivity index (χ0) is 12.4. The SMILES string of the molecule is CC1CCC(Cn2cncc2C2CCCNC2)C1. The molecule has 3 rings (SSSR count). The van der Waals surface area contributed by atoms with Gasteiger partial charge in [0.25, 0.3) is 0 Å². The Morgan fingerprint density at radius 3 is 3.06 bits per heavy atom. The first kappa shape index (κ1) is 12.2. The summed E-state index contributed by atoms with van der Waals surface area (Å²) in [6.07, 6.45) is 11.0.